The van der Waals surface area contributed by atoms with E-state index in [1.54, 1.807) is 0 Å². The lowest BCUT2D eigenvalue weighted by Crippen LogP contribution is -2.34. The summed E-state index contributed by atoms with van der Waals surface area (Å²) in [4.78, 5) is 14.1. The number of benzene rings is 1. The summed E-state index contributed by atoms with van der Waals surface area (Å²) in [6.07, 6.45) is 1.54. The molecule has 4 nitrogen and oxygen atoms in total. The quantitative estimate of drug-likeness (QED) is 0.733. The number of anilines is 1. The van der Waals surface area contributed by atoms with Crippen LogP contribution in [0.25, 0.3) is 0 Å². The van der Waals surface area contributed by atoms with E-state index in [9.17, 15) is 4.79 Å². The minimum absolute atomic E-state index is 0.104. The smallest absolute Gasteiger partial charge is 0.220 e. The van der Waals surface area contributed by atoms with Gasteiger partial charge in [0.2, 0.25) is 5.91 Å². The zero-order chi connectivity index (χ0) is 15.7. The van der Waals surface area contributed by atoms with E-state index < -0.39 is 0 Å². The fourth-order valence-electron chi connectivity index (χ4n) is 2.44. The van der Waals surface area contributed by atoms with Crippen molar-refractivity contribution in [2.45, 2.75) is 26.7 Å². The van der Waals surface area contributed by atoms with Crippen LogP contribution in [0.3, 0.4) is 0 Å². The Balaban J connectivity index is 2.27. The average Bonchev–Trinajstić information content (AvgIpc) is 2.46. The van der Waals surface area contributed by atoms with Crippen LogP contribution in [0.5, 0.6) is 0 Å². The number of carbonyl (C=O) groups excluding carboxylic acids is 1. The summed E-state index contributed by atoms with van der Waals surface area (Å²) in [5, 5.41) is 2.99. The van der Waals surface area contributed by atoms with Crippen LogP contribution in [0.2, 0.25) is 0 Å². The minimum atomic E-state index is 0.104. The van der Waals surface area contributed by atoms with Gasteiger partial charge in [-0.3, -0.25) is 4.79 Å². The molecule has 0 fully saturated rings. The third-order valence-electron chi connectivity index (χ3n) is 3.58. The molecule has 1 rings (SSSR count). The second kappa shape index (κ2) is 9.40. The number of hydrogen-bond acceptors (Lipinski definition) is 3. The van der Waals surface area contributed by atoms with Gasteiger partial charge in [0.25, 0.3) is 0 Å². The summed E-state index contributed by atoms with van der Waals surface area (Å²) >= 11 is 0. The van der Waals surface area contributed by atoms with Crippen LogP contribution in [-0.2, 0) is 4.79 Å². The lowest BCUT2D eigenvalue weighted by atomic mass is 9.94. The van der Waals surface area contributed by atoms with Crippen molar-refractivity contribution in [1.29, 1.82) is 0 Å². The van der Waals surface area contributed by atoms with E-state index in [1.165, 1.54) is 0 Å². The molecule has 1 atom stereocenters. The lowest BCUT2D eigenvalue weighted by molar-refractivity contribution is -0.122. The molecule has 3 N–H and O–H groups in total. The monoisotopic (exact) mass is 291 g/mol. The third kappa shape index (κ3) is 7.14. The van der Waals surface area contributed by atoms with E-state index in [-0.39, 0.29) is 11.8 Å². The van der Waals surface area contributed by atoms with Gasteiger partial charge >= 0.3 is 0 Å². The molecule has 0 aliphatic heterocycles. The average molecular weight is 291 g/mol. The molecule has 0 aliphatic rings. The highest BCUT2D eigenvalue weighted by Crippen LogP contribution is 2.14. The number of hydrogen-bond donors (Lipinski definition) is 2. The molecule has 0 spiro atoms. The molecule has 1 aromatic rings. The van der Waals surface area contributed by atoms with Gasteiger partial charge in [-0.25, -0.2) is 0 Å². The van der Waals surface area contributed by atoms with Crippen molar-refractivity contribution < 1.29 is 4.79 Å². The number of likely N-dealkylation sites (N-methyl/N-ethyl adjacent to an activating group) is 1. The molecule has 0 saturated heterocycles. The standard InChI is InChI=1S/C17H29N3O/c1-14(2)11-15(13-18)12-17(21)19-9-10-20(3)16-7-5-4-6-8-16/h4-8,14-15H,9-13,18H2,1-3H3,(H,19,21). The van der Waals surface area contributed by atoms with Crippen LogP contribution < -0.4 is 16.0 Å². The van der Waals surface area contributed by atoms with Crippen LogP contribution in [0.15, 0.2) is 30.3 Å². The van der Waals surface area contributed by atoms with Gasteiger partial charge in [0.1, 0.15) is 0 Å². The Morgan fingerprint density at radius 2 is 1.95 bits per heavy atom. The molecule has 1 unspecified atom stereocenters. The number of nitrogens with one attached hydrogen (secondary N) is 1. The van der Waals surface area contributed by atoms with E-state index in [0.29, 0.717) is 25.4 Å². The van der Waals surface area contributed by atoms with E-state index in [0.717, 1.165) is 18.7 Å². The van der Waals surface area contributed by atoms with Gasteiger partial charge in [-0.05, 0) is 36.9 Å². The van der Waals surface area contributed by atoms with Gasteiger partial charge in [-0.2, -0.15) is 0 Å². The van der Waals surface area contributed by atoms with Gasteiger partial charge in [0, 0.05) is 32.2 Å². The van der Waals surface area contributed by atoms with Crippen LogP contribution in [0.4, 0.5) is 5.69 Å². The highest BCUT2D eigenvalue weighted by atomic mass is 16.1. The molecule has 0 aromatic heterocycles. The van der Waals surface area contributed by atoms with Gasteiger partial charge < -0.3 is 16.0 Å². The maximum Gasteiger partial charge on any atom is 0.220 e. The van der Waals surface area contributed by atoms with E-state index in [1.807, 2.05) is 25.2 Å². The van der Waals surface area contributed by atoms with Crippen LogP contribution in [-0.4, -0.2) is 32.6 Å². The predicted octanol–water partition coefficient (Wildman–Crippen LogP) is 2.25. The molecule has 21 heavy (non-hydrogen) atoms. The Labute approximate surface area is 128 Å². The van der Waals surface area contributed by atoms with Crippen LogP contribution in [0.1, 0.15) is 26.7 Å². The summed E-state index contributed by atoms with van der Waals surface area (Å²) in [6, 6.07) is 10.2. The molecular formula is C17H29N3O. The molecule has 0 radical (unpaired) electrons. The molecule has 0 heterocycles. The van der Waals surface area contributed by atoms with Crippen molar-refractivity contribution in [2.24, 2.45) is 17.6 Å². The summed E-state index contributed by atoms with van der Waals surface area (Å²) < 4.78 is 0. The predicted molar refractivity (Wildman–Crippen MR) is 89.3 cm³/mol. The number of carbonyl (C=O) groups is 1. The zero-order valence-corrected chi connectivity index (χ0v) is 13.5. The van der Waals surface area contributed by atoms with Crippen molar-refractivity contribution in [3.05, 3.63) is 30.3 Å². The summed E-state index contributed by atoms with van der Waals surface area (Å²) in [7, 11) is 2.03. The van der Waals surface area contributed by atoms with E-state index in [4.69, 9.17) is 5.73 Å². The second-order valence-electron chi connectivity index (χ2n) is 6.04. The van der Waals surface area contributed by atoms with Crippen molar-refractivity contribution in [3.8, 4) is 0 Å². The molecular weight excluding hydrogens is 262 g/mol. The number of rotatable bonds is 9. The van der Waals surface area contributed by atoms with Gasteiger partial charge in [-0.15, -0.1) is 0 Å². The normalized spacial score (nSPS) is 12.2. The first-order chi connectivity index (χ1) is 10.0. The zero-order valence-electron chi connectivity index (χ0n) is 13.5. The van der Waals surface area contributed by atoms with Gasteiger partial charge in [0.05, 0.1) is 0 Å². The largest absolute Gasteiger partial charge is 0.373 e. The molecule has 0 saturated carbocycles. The fraction of sp³-hybridized carbons (Fsp3) is 0.588. The minimum Gasteiger partial charge on any atom is -0.373 e. The van der Waals surface area contributed by atoms with Gasteiger partial charge in [0.15, 0.2) is 0 Å². The van der Waals surface area contributed by atoms with Crippen LogP contribution >= 0.6 is 0 Å². The third-order valence-corrected chi connectivity index (χ3v) is 3.58. The van der Waals surface area contributed by atoms with Gasteiger partial charge in [-0.1, -0.05) is 32.0 Å². The summed E-state index contributed by atoms with van der Waals surface area (Å²) in [5.74, 6) is 0.972. The maximum absolute atomic E-state index is 11.9. The highest BCUT2D eigenvalue weighted by molar-refractivity contribution is 5.76. The Morgan fingerprint density at radius 1 is 1.29 bits per heavy atom. The second-order valence-corrected chi connectivity index (χ2v) is 6.04. The number of nitrogens with two attached hydrogens (primary N) is 1. The Hall–Kier alpha value is -1.55. The molecule has 4 heteroatoms. The molecule has 0 bridgehead atoms. The van der Waals surface area contributed by atoms with E-state index in [2.05, 4.69) is 36.2 Å². The maximum atomic E-state index is 11.9. The Kier molecular flexibility index (Phi) is 7.83. The van der Waals surface area contributed by atoms with Crippen molar-refractivity contribution >= 4 is 11.6 Å². The highest BCUT2D eigenvalue weighted by Gasteiger charge is 2.13. The lowest BCUT2D eigenvalue weighted by Gasteiger charge is -2.20. The number of para-hydroxylation sites is 1. The number of amides is 1. The first-order valence-corrected chi connectivity index (χ1v) is 7.75. The fourth-order valence-corrected chi connectivity index (χ4v) is 2.44. The Bertz CT molecular complexity index is 406. The topological polar surface area (TPSA) is 58.4 Å². The SMILES string of the molecule is CC(C)CC(CN)CC(=O)NCCN(C)c1ccccc1. The Morgan fingerprint density at radius 3 is 2.52 bits per heavy atom. The number of nitrogens with zero attached hydrogens (tertiary/aromatic N) is 1. The molecule has 0 aliphatic carbocycles. The molecule has 1 amide bonds. The van der Waals surface area contributed by atoms with E-state index >= 15 is 0 Å². The van der Waals surface area contributed by atoms with Crippen molar-refractivity contribution in [1.82, 2.24) is 5.32 Å². The van der Waals surface area contributed by atoms with Crippen LogP contribution in [0, 0.1) is 11.8 Å². The molecule has 1 aromatic carbocycles. The molecule has 118 valence electrons. The summed E-state index contributed by atoms with van der Waals surface area (Å²) in [5.41, 5.74) is 6.89. The first-order valence-electron chi connectivity index (χ1n) is 7.75. The van der Waals surface area contributed by atoms with Crippen molar-refractivity contribution in [3.63, 3.8) is 0 Å². The summed E-state index contributed by atoms with van der Waals surface area (Å²) in [6.45, 7) is 6.36. The first kappa shape index (κ1) is 17.5. The van der Waals surface area contributed by atoms with Crippen molar-refractivity contribution in [2.75, 3.05) is 31.6 Å².